The van der Waals surface area contributed by atoms with E-state index < -0.39 is 0 Å². The van der Waals surface area contributed by atoms with Crippen LogP contribution in [0, 0.1) is 0 Å². The summed E-state index contributed by atoms with van der Waals surface area (Å²) in [5.74, 6) is 0. The molecule has 1 heteroatoms. The van der Waals surface area contributed by atoms with Crippen LogP contribution in [0.3, 0.4) is 0 Å². The molecule has 1 aromatic heterocycles. The first-order chi connectivity index (χ1) is 28.5. The minimum absolute atomic E-state index is 0.00683. The smallest absolute Gasteiger partial charge is 0.0346 e. The maximum atomic E-state index is 4.92. The van der Waals surface area contributed by atoms with Crippen LogP contribution >= 0.6 is 0 Å². The number of benzene rings is 6. The van der Waals surface area contributed by atoms with E-state index in [2.05, 4.69) is 224 Å². The molecule has 0 unspecified atom stereocenters. The zero-order valence-corrected chi connectivity index (χ0v) is 39.2. The molecule has 0 aliphatic heterocycles. The van der Waals surface area contributed by atoms with Crippen molar-refractivity contribution in [2.75, 3.05) is 0 Å². The quantitative estimate of drug-likeness (QED) is 0.169. The van der Waals surface area contributed by atoms with Gasteiger partial charge in [-0.15, -0.1) is 0 Å². The van der Waals surface area contributed by atoms with E-state index in [9.17, 15) is 0 Å². The van der Waals surface area contributed by atoms with E-state index in [0.29, 0.717) is 0 Å². The van der Waals surface area contributed by atoms with E-state index in [1.807, 2.05) is 12.4 Å². The normalized spacial score (nSPS) is 13.9. The molecule has 1 nitrogen and oxygen atoms in total. The van der Waals surface area contributed by atoms with Crippen LogP contribution in [-0.4, -0.2) is 4.98 Å². The Hall–Kier alpha value is -5.53. The summed E-state index contributed by atoms with van der Waals surface area (Å²) in [5.41, 5.74) is 22.8. The van der Waals surface area contributed by atoms with E-state index in [0.717, 1.165) is 22.3 Å². The van der Waals surface area contributed by atoms with Gasteiger partial charge in [0, 0.05) is 28.9 Å². The van der Waals surface area contributed by atoms with Gasteiger partial charge in [-0.1, -0.05) is 188 Å². The molecular weight excluding hydrogens is 735 g/mol. The lowest BCUT2D eigenvalue weighted by Gasteiger charge is -2.27. The first kappa shape index (κ1) is 42.2. The summed E-state index contributed by atoms with van der Waals surface area (Å²) in [6.45, 7) is 32.6. The van der Waals surface area contributed by atoms with Crippen molar-refractivity contribution in [2.45, 2.75) is 124 Å². The molecule has 6 aromatic carbocycles. The van der Waals surface area contributed by atoms with Gasteiger partial charge in [-0.25, -0.2) is 0 Å². The summed E-state index contributed by atoms with van der Waals surface area (Å²) in [6, 6.07) is 48.9. The van der Waals surface area contributed by atoms with Crippen LogP contribution in [0.15, 0.2) is 140 Å². The Morgan fingerprint density at radius 1 is 0.311 bits per heavy atom. The molecule has 7 aromatic rings. The number of aromatic nitrogens is 1. The summed E-state index contributed by atoms with van der Waals surface area (Å²) in [4.78, 5) is 4.92. The minimum atomic E-state index is -0.0457. The predicted molar refractivity (Wildman–Crippen MR) is 264 cm³/mol. The standard InChI is InChI=1S/C60H65N/c1-56(2,3)48-29-44(30-49(34-48)57(4,5)6)41-25-42(45-31-50(58(7,8)9)35-51(32-45)59(10,11)12)27-43(26-41)47-28-46(36-61-37-47)39-19-17-18-38(24-39)40-22-23-53-52-20-15-16-21-54(52)60(13,14)55(53)33-40/h15-37H,1-14H3. The largest absolute Gasteiger partial charge is 0.263 e. The molecule has 0 radical (unpaired) electrons. The maximum absolute atomic E-state index is 4.92. The van der Waals surface area contributed by atoms with Gasteiger partial charge >= 0.3 is 0 Å². The number of fused-ring (bicyclic) bond motifs is 3. The highest BCUT2D eigenvalue weighted by atomic mass is 14.6. The molecular formula is C60H65N. The molecule has 1 aliphatic rings. The van der Waals surface area contributed by atoms with Crippen molar-refractivity contribution in [3.05, 3.63) is 173 Å². The van der Waals surface area contributed by atoms with E-state index >= 15 is 0 Å². The molecule has 0 fully saturated rings. The van der Waals surface area contributed by atoms with Gasteiger partial charge in [-0.05, 0) is 147 Å². The summed E-state index contributed by atoms with van der Waals surface area (Å²) in [6.07, 6.45) is 4.05. The first-order valence-electron chi connectivity index (χ1n) is 22.3. The maximum Gasteiger partial charge on any atom is 0.0346 e. The van der Waals surface area contributed by atoms with Gasteiger partial charge in [0.2, 0.25) is 0 Å². The van der Waals surface area contributed by atoms with E-state index in [1.165, 1.54) is 77.9 Å². The van der Waals surface area contributed by atoms with E-state index in [-0.39, 0.29) is 27.1 Å². The van der Waals surface area contributed by atoms with Crippen molar-refractivity contribution in [1.29, 1.82) is 0 Å². The molecule has 310 valence electrons. The SMILES string of the molecule is CC(C)(C)c1cc(-c2cc(-c3cncc(-c4cccc(-c5ccc6c(c5)C(C)(C)c5ccccc5-6)c4)c3)cc(-c3cc(C(C)(C)C)cc(C(C)(C)C)c3)c2)cc(C(C)(C)C)c1. The molecule has 8 rings (SSSR count). The van der Waals surface area contributed by atoms with Gasteiger partial charge in [-0.2, -0.15) is 0 Å². The Morgan fingerprint density at radius 3 is 1.16 bits per heavy atom. The van der Waals surface area contributed by atoms with Crippen molar-refractivity contribution in [2.24, 2.45) is 0 Å². The van der Waals surface area contributed by atoms with Crippen molar-refractivity contribution < 1.29 is 0 Å². The number of pyridine rings is 1. The van der Waals surface area contributed by atoms with Crippen molar-refractivity contribution in [3.8, 4) is 66.8 Å². The lowest BCUT2D eigenvalue weighted by molar-refractivity contribution is 0.568. The second-order valence-electron chi connectivity index (χ2n) is 22.4. The van der Waals surface area contributed by atoms with Crippen LogP contribution in [0.4, 0.5) is 0 Å². The second-order valence-corrected chi connectivity index (χ2v) is 22.4. The number of hydrogen-bond acceptors (Lipinski definition) is 1. The highest BCUT2D eigenvalue weighted by Gasteiger charge is 2.35. The van der Waals surface area contributed by atoms with Gasteiger partial charge in [0.25, 0.3) is 0 Å². The average molecular weight is 800 g/mol. The first-order valence-corrected chi connectivity index (χ1v) is 22.3. The molecule has 61 heavy (non-hydrogen) atoms. The number of rotatable bonds is 5. The van der Waals surface area contributed by atoms with E-state index in [1.54, 1.807) is 0 Å². The third-order valence-corrected chi connectivity index (χ3v) is 13.1. The molecule has 0 bridgehead atoms. The van der Waals surface area contributed by atoms with Crippen LogP contribution in [0.25, 0.3) is 66.8 Å². The van der Waals surface area contributed by atoms with Gasteiger partial charge in [0.15, 0.2) is 0 Å². The molecule has 0 amide bonds. The Bertz CT molecular complexity index is 2640. The van der Waals surface area contributed by atoms with Crippen LogP contribution in [0.1, 0.15) is 130 Å². The zero-order valence-electron chi connectivity index (χ0n) is 39.2. The summed E-state index contributed by atoms with van der Waals surface area (Å²) < 4.78 is 0. The third-order valence-electron chi connectivity index (χ3n) is 13.1. The van der Waals surface area contributed by atoms with E-state index in [4.69, 9.17) is 4.98 Å². The lowest BCUT2D eigenvalue weighted by atomic mass is 9.78. The van der Waals surface area contributed by atoms with Crippen LogP contribution in [0.5, 0.6) is 0 Å². The monoisotopic (exact) mass is 800 g/mol. The number of nitrogens with zero attached hydrogens (tertiary/aromatic N) is 1. The summed E-state index contributed by atoms with van der Waals surface area (Å²) >= 11 is 0. The second kappa shape index (κ2) is 14.8. The fourth-order valence-electron chi connectivity index (χ4n) is 8.97. The molecule has 0 atom stereocenters. The molecule has 0 saturated carbocycles. The minimum Gasteiger partial charge on any atom is -0.263 e. The Balaban J connectivity index is 1.27. The molecule has 1 heterocycles. The van der Waals surface area contributed by atoms with Crippen molar-refractivity contribution in [1.82, 2.24) is 4.98 Å². The van der Waals surface area contributed by atoms with Crippen LogP contribution in [0.2, 0.25) is 0 Å². The zero-order chi connectivity index (χ0) is 43.9. The fourth-order valence-corrected chi connectivity index (χ4v) is 8.97. The van der Waals surface area contributed by atoms with Crippen molar-refractivity contribution >= 4 is 0 Å². The third kappa shape index (κ3) is 8.29. The molecule has 0 N–H and O–H groups in total. The lowest BCUT2D eigenvalue weighted by Crippen LogP contribution is -2.16. The molecule has 0 saturated heterocycles. The van der Waals surface area contributed by atoms with Gasteiger partial charge in [-0.3, -0.25) is 4.98 Å². The fraction of sp³-hybridized carbons (Fsp3) is 0.317. The van der Waals surface area contributed by atoms with Gasteiger partial charge < -0.3 is 0 Å². The van der Waals surface area contributed by atoms with Crippen LogP contribution in [-0.2, 0) is 27.1 Å². The average Bonchev–Trinajstić information content (AvgIpc) is 3.44. The predicted octanol–water partition coefficient (Wildman–Crippen LogP) is 16.9. The van der Waals surface area contributed by atoms with Crippen molar-refractivity contribution in [3.63, 3.8) is 0 Å². The van der Waals surface area contributed by atoms with Gasteiger partial charge in [0.05, 0.1) is 0 Å². The molecule has 0 spiro atoms. The Kier molecular flexibility index (Phi) is 10.3. The summed E-state index contributed by atoms with van der Waals surface area (Å²) in [5, 5.41) is 0. The Labute approximate surface area is 367 Å². The highest BCUT2D eigenvalue weighted by Crippen LogP contribution is 2.50. The highest BCUT2D eigenvalue weighted by molar-refractivity contribution is 5.86. The summed E-state index contributed by atoms with van der Waals surface area (Å²) in [7, 11) is 0. The topological polar surface area (TPSA) is 12.9 Å². The van der Waals surface area contributed by atoms with Crippen LogP contribution < -0.4 is 0 Å². The number of hydrogen-bond donors (Lipinski definition) is 0. The van der Waals surface area contributed by atoms with Gasteiger partial charge in [0.1, 0.15) is 0 Å². The Morgan fingerprint density at radius 2 is 0.672 bits per heavy atom. The molecule has 1 aliphatic carbocycles.